The van der Waals surface area contributed by atoms with E-state index < -0.39 is 5.97 Å². The Labute approximate surface area is 153 Å². The third kappa shape index (κ3) is 3.60. The SMILES string of the molecule is Cc1ccc2cc(COC(=O)Cn3c(C)csc3=O)c(Cl)nc2c1C. The Hall–Kier alpha value is -2.18. The predicted molar refractivity (Wildman–Crippen MR) is 99.3 cm³/mol. The number of esters is 1. The van der Waals surface area contributed by atoms with E-state index in [0.29, 0.717) is 10.7 Å². The molecule has 0 saturated heterocycles. The monoisotopic (exact) mass is 376 g/mol. The molecular formula is C18H17ClN2O3S. The number of aryl methyl sites for hydroxylation is 3. The van der Waals surface area contributed by atoms with Crippen molar-refractivity contribution in [1.82, 2.24) is 9.55 Å². The molecule has 0 N–H and O–H groups in total. The van der Waals surface area contributed by atoms with Crippen molar-refractivity contribution in [2.75, 3.05) is 0 Å². The van der Waals surface area contributed by atoms with E-state index in [-0.39, 0.29) is 18.0 Å². The molecule has 0 atom stereocenters. The number of carbonyl (C=O) groups excluding carboxylic acids is 1. The lowest BCUT2D eigenvalue weighted by molar-refractivity contribution is -0.145. The van der Waals surface area contributed by atoms with E-state index >= 15 is 0 Å². The lowest BCUT2D eigenvalue weighted by Crippen LogP contribution is -2.22. The van der Waals surface area contributed by atoms with Gasteiger partial charge in [0.05, 0.1) is 5.52 Å². The highest BCUT2D eigenvalue weighted by molar-refractivity contribution is 7.07. The molecule has 0 aliphatic heterocycles. The fourth-order valence-corrected chi connectivity index (χ4v) is 3.46. The van der Waals surface area contributed by atoms with Crippen LogP contribution in [0.15, 0.2) is 28.4 Å². The average molecular weight is 377 g/mol. The summed E-state index contributed by atoms with van der Waals surface area (Å²) in [7, 11) is 0. The zero-order valence-electron chi connectivity index (χ0n) is 14.1. The highest BCUT2D eigenvalue weighted by atomic mass is 35.5. The second-order valence-electron chi connectivity index (χ2n) is 5.91. The van der Waals surface area contributed by atoms with Crippen molar-refractivity contribution in [1.29, 1.82) is 0 Å². The summed E-state index contributed by atoms with van der Waals surface area (Å²) < 4.78 is 6.66. The molecule has 0 amide bonds. The Kier molecular flexibility index (Phi) is 4.92. The van der Waals surface area contributed by atoms with E-state index in [4.69, 9.17) is 16.3 Å². The van der Waals surface area contributed by atoms with Crippen molar-refractivity contribution < 1.29 is 9.53 Å². The van der Waals surface area contributed by atoms with Crippen LogP contribution in [0.2, 0.25) is 5.15 Å². The van der Waals surface area contributed by atoms with Gasteiger partial charge in [0.25, 0.3) is 0 Å². The maximum Gasteiger partial charge on any atom is 0.326 e. The van der Waals surface area contributed by atoms with Gasteiger partial charge in [0, 0.05) is 22.0 Å². The van der Waals surface area contributed by atoms with E-state index in [1.165, 1.54) is 4.57 Å². The standard InChI is InChI=1S/C18H17ClN2O3S/c1-10-4-5-13-6-14(17(19)20-16(13)12(10)3)8-24-15(22)7-21-11(2)9-25-18(21)23/h4-6,9H,7-8H2,1-3H3. The molecule has 0 aliphatic rings. The van der Waals surface area contributed by atoms with Crippen LogP contribution in [-0.4, -0.2) is 15.5 Å². The minimum Gasteiger partial charge on any atom is -0.459 e. The Morgan fingerprint density at radius 2 is 2.08 bits per heavy atom. The quantitative estimate of drug-likeness (QED) is 0.513. The molecule has 5 nitrogen and oxygen atoms in total. The summed E-state index contributed by atoms with van der Waals surface area (Å²) in [5, 5.41) is 2.98. The molecule has 130 valence electrons. The predicted octanol–water partition coefficient (Wildman–Crippen LogP) is 3.78. The molecule has 7 heteroatoms. The van der Waals surface area contributed by atoms with Crippen molar-refractivity contribution in [3.05, 3.63) is 60.8 Å². The maximum absolute atomic E-state index is 12.0. The Bertz CT molecular complexity index is 1020. The highest BCUT2D eigenvalue weighted by Crippen LogP contribution is 2.25. The summed E-state index contributed by atoms with van der Waals surface area (Å²) in [6, 6.07) is 5.88. The van der Waals surface area contributed by atoms with Gasteiger partial charge in [-0.1, -0.05) is 35.1 Å². The molecule has 3 aromatic rings. The number of nitrogens with zero attached hydrogens (tertiary/aromatic N) is 2. The first kappa shape index (κ1) is 17.6. The third-order valence-electron chi connectivity index (χ3n) is 4.19. The fourth-order valence-electron chi connectivity index (χ4n) is 2.53. The van der Waals surface area contributed by atoms with Gasteiger partial charge in [0.15, 0.2) is 0 Å². The summed E-state index contributed by atoms with van der Waals surface area (Å²) in [6.07, 6.45) is 0. The smallest absolute Gasteiger partial charge is 0.326 e. The zero-order valence-corrected chi connectivity index (χ0v) is 15.7. The average Bonchev–Trinajstić information content (AvgIpc) is 2.89. The van der Waals surface area contributed by atoms with Crippen LogP contribution in [0.3, 0.4) is 0 Å². The van der Waals surface area contributed by atoms with Crippen molar-refractivity contribution >= 4 is 39.8 Å². The van der Waals surface area contributed by atoms with Crippen molar-refractivity contribution in [3.8, 4) is 0 Å². The number of fused-ring (bicyclic) bond motifs is 1. The first-order valence-corrected chi connectivity index (χ1v) is 8.98. The molecule has 2 heterocycles. The molecular weight excluding hydrogens is 360 g/mol. The molecule has 0 unspecified atom stereocenters. The van der Waals surface area contributed by atoms with Crippen LogP contribution in [0, 0.1) is 20.8 Å². The molecule has 0 bridgehead atoms. The van der Waals surface area contributed by atoms with Gasteiger partial charge in [0.1, 0.15) is 18.3 Å². The Balaban J connectivity index is 1.77. The minimum atomic E-state index is -0.486. The molecule has 0 spiro atoms. The van der Waals surface area contributed by atoms with Gasteiger partial charge in [-0.3, -0.25) is 14.2 Å². The van der Waals surface area contributed by atoms with E-state index in [0.717, 1.165) is 39.1 Å². The molecule has 2 aromatic heterocycles. The number of carbonyl (C=O) groups is 1. The Morgan fingerprint density at radius 1 is 1.32 bits per heavy atom. The normalized spacial score (nSPS) is 11.0. The number of hydrogen-bond donors (Lipinski definition) is 0. The van der Waals surface area contributed by atoms with Gasteiger partial charge in [-0.15, -0.1) is 0 Å². The highest BCUT2D eigenvalue weighted by Gasteiger charge is 2.13. The molecule has 1 aromatic carbocycles. The summed E-state index contributed by atoms with van der Waals surface area (Å²) in [5.41, 5.74) is 4.45. The molecule has 0 aliphatic carbocycles. The number of pyridine rings is 1. The molecule has 25 heavy (non-hydrogen) atoms. The largest absolute Gasteiger partial charge is 0.459 e. The summed E-state index contributed by atoms with van der Waals surface area (Å²) >= 11 is 7.31. The number of aromatic nitrogens is 2. The van der Waals surface area contributed by atoms with Crippen LogP contribution in [0.5, 0.6) is 0 Å². The van der Waals surface area contributed by atoms with Gasteiger partial charge in [-0.25, -0.2) is 4.98 Å². The lowest BCUT2D eigenvalue weighted by Gasteiger charge is -2.10. The first-order valence-electron chi connectivity index (χ1n) is 7.72. The van der Waals surface area contributed by atoms with Crippen LogP contribution in [-0.2, 0) is 22.7 Å². The van der Waals surface area contributed by atoms with Crippen LogP contribution < -0.4 is 4.87 Å². The van der Waals surface area contributed by atoms with E-state index in [2.05, 4.69) is 4.98 Å². The van der Waals surface area contributed by atoms with Crippen molar-refractivity contribution in [3.63, 3.8) is 0 Å². The second kappa shape index (κ2) is 6.98. The minimum absolute atomic E-state index is 0.0193. The van der Waals surface area contributed by atoms with Gasteiger partial charge in [-0.05, 0) is 38.0 Å². The lowest BCUT2D eigenvalue weighted by atomic mass is 10.0. The number of rotatable bonds is 4. The molecule has 0 fully saturated rings. The van der Waals surface area contributed by atoms with E-state index in [9.17, 15) is 9.59 Å². The molecule has 0 radical (unpaired) electrons. The topological polar surface area (TPSA) is 61.2 Å². The van der Waals surface area contributed by atoms with Gasteiger partial charge < -0.3 is 4.74 Å². The van der Waals surface area contributed by atoms with Crippen LogP contribution in [0.1, 0.15) is 22.4 Å². The summed E-state index contributed by atoms with van der Waals surface area (Å²) in [5.74, 6) is -0.486. The third-order valence-corrected chi connectivity index (χ3v) is 5.40. The second-order valence-corrected chi connectivity index (χ2v) is 7.09. The summed E-state index contributed by atoms with van der Waals surface area (Å²) in [4.78, 5) is 27.9. The van der Waals surface area contributed by atoms with Crippen molar-refractivity contribution in [2.45, 2.75) is 33.9 Å². The number of ether oxygens (including phenoxy) is 1. The van der Waals surface area contributed by atoms with Gasteiger partial charge in [-0.2, -0.15) is 0 Å². The van der Waals surface area contributed by atoms with Crippen molar-refractivity contribution in [2.24, 2.45) is 0 Å². The maximum atomic E-state index is 12.0. The van der Waals surface area contributed by atoms with Crippen LogP contribution >= 0.6 is 22.9 Å². The molecule has 3 rings (SSSR count). The zero-order chi connectivity index (χ0) is 18.1. The van der Waals surface area contributed by atoms with Gasteiger partial charge >= 0.3 is 10.8 Å². The van der Waals surface area contributed by atoms with Crippen LogP contribution in [0.25, 0.3) is 10.9 Å². The molecule has 0 saturated carbocycles. The fraction of sp³-hybridized carbons (Fsp3) is 0.278. The number of halogens is 1. The number of benzene rings is 1. The number of hydrogen-bond acceptors (Lipinski definition) is 5. The number of thiazole rings is 1. The van der Waals surface area contributed by atoms with E-state index in [1.807, 2.05) is 32.0 Å². The Morgan fingerprint density at radius 3 is 2.76 bits per heavy atom. The first-order chi connectivity index (χ1) is 11.9. The van der Waals surface area contributed by atoms with Crippen LogP contribution in [0.4, 0.5) is 0 Å². The van der Waals surface area contributed by atoms with E-state index in [1.54, 1.807) is 12.3 Å². The summed E-state index contributed by atoms with van der Waals surface area (Å²) in [6.45, 7) is 5.71. The van der Waals surface area contributed by atoms with Gasteiger partial charge in [0.2, 0.25) is 0 Å².